The molecule has 2 aromatic rings. The number of carbonyl (C=O) groups excluding carboxylic acids is 1. The number of hydrogen-bond donors (Lipinski definition) is 0. The second-order valence-corrected chi connectivity index (χ2v) is 6.90. The number of pyridine rings is 1. The molecule has 5 nitrogen and oxygen atoms in total. The Kier molecular flexibility index (Phi) is 4.78. The Morgan fingerprint density at radius 1 is 1.23 bits per heavy atom. The van der Waals surface area contributed by atoms with Gasteiger partial charge in [0.15, 0.2) is 11.5 Å². The highest BCUT2D eigenvalue weighted by atomic mass is 16.6. The maximum Gasteiger partial charge on any atom is 0.267 e. The van der Waals surface area contributed by atoms with Gasteiger partial charge in [-0.05, 0) is 43.0 Å². The fourth-order valence-electron chi connectivity index (χ4n) is 3.84. The third-order valence-corrected chi connectivity index (χ3v) is 5.13. The Balaban J connectivity index is 1.51. The van der Waals surface area contributed by atoms with Crippen LogP contribution in [0.2, 0.25) is 0 Å². The normalized spacial score (nSPS) is 21.0. The molecule has 2 heterocycles. The van der Waals surface area contributed by atoms with Crippen LogP contribution in [-0.4, -0.2) is 41.1 Å². The van der Waals surface area contributed by atoms with Crippen molar-refractivity contribution in [3.05, 3.63) is 53.9 Å². The molecule has 1 amide bonds. The Hall–Kier alpha value is -2.56. The van der Waals surface area contributed by atoms with Crippen molar-refractivity contribution in [2.24, 2.45) is 0 Å². The van der Waals surface area contributed by atoms with Crippen LogP contribution in [0.25, 0.3) is 0 Å². The minimum Gasteiger partial charge on any atom is -0.485 e. The summed E-state index contributed by atoms with van der Waals surface area (Å²) in [5.41, 5.74) is 2.42. The van der Waals surface area contributed by atoms with Crippen molar-refractivity contribution in [1.29, 1.82) is 0 Å². The zero-order valence-electron chi connectivity index (χ0n) is 15.1. The van der Waals surface area contributed by atoms with Gasteiger partial charge < -0.3 is 14.4 Å². The Bertz CT molecular complexity index is 792. The number of fused-ring (bicyclic) bond motifs is 2. The van der Waals surface area contributed by atoms with Gasteiger partial charge in [0, 0.05) is 30.9 Å². The van der Waals surface area contributed by atoms with Crippen LogP contribution < -0.4 is 9.47 Å². The van der Waals surface area contributed by atoms with E-state index >= 15 is 0 Å². The lowest BCUT2D eigenvalue weighted by Gasteiger charge is -2.37. The molecule has 1 aromatic heterocycles. The SMILES string of the molecule is CCCN(C(=O)C1COc2ccccc2O1)C1CCc2cccnc2C1. The molecule has 4 rings (SSSR count). The molecule has 0 radical (unpaired) electrons. The second kappa shape index (κ2) is 7.36. The summed E-state index contributed by atoms with van der Waals surface area (Å²) in [5, 5.41) is 0. The van der Waals surface area contributed by atoms with E-state index in [1.807, 2.05) is 41.4 Å². The molecule has 26 heavy (non-hydrogen) atoms. The molecule has 0 fully saturated rings. The zero-order chi connectivity index (χ0) is 17.9. The van der Waals surface area contributed by atoms with Crippen molar-refractivity contribution in [2.75, 3.05) is 13.2 Å². The number of aryl methyl sites for hydroxylation is 1. The molecule has 0 N–H and O–H groups in total. The van der Waals surface area contributed by atoms with E-state index in [0.29, 0.717) is 11.5 Å². The lowest BCUT2D eigenvalue weighted by Crippen LogP contribution is -2.52. The van der Waals surface area contributed by atoms with Crippen LogP contribution in [0.1, 0.15) is 31.0 Å². The smallest absolute Gasteiger partial charge is 0.267 e. The summed E-state index contributed by atoms with van der Waals surface area (Å²) in [6.07, 6.45) is 4.91. The third-order valence-electron chi connectivity index (χ3n) is 5.13. The van der Waals surface area contributed by atoms with Gasteiger partial charge in [0.05, 0.1) is 0 Å². The van der Waals surface area contributed by atoms with Gasteiger partial charge in [0.2, 0.25) is 6.10 Å². The van der Waals surface area contributed by atoms with Crippen LogP contribution >= 0.6 is 0 Å². The molecule has 136 valence electrons. The highest BCUT2D eigenvalue weighted by Gasteiger charge is 2.35. The van der Waals surface area contributed by atoms with Gasteiger partial charge in [0.1, 0.15) is 6.61 Å². The first-order valence-corrected chi connectivity index (χ1v) is 9.38. The lowest BCUT2D eigenvalue weighted by atomic mass is 9.90. The van der Waals surface area contributed by atoms with E-state index in [2.05, 4.69) is 18.0 Å². The Labute approximate surface area is 153 Å². The molecule has 2 atom stereocenters. The molecule has 0 bridgehead atoms. The summed E-state index contributed by atoms with van der Waals surface area (Å²) in [6, 6.07) is 11.8. The first-order chi connectivity index (χ1) is 12.8. The summed E-state index contributed by atoms with van der Waals surface area (Å²) < 4.78 is 11.7. The number of nitrogens with zero attached hydrogens (tertiary/aromatic N) is 2. The molecule has 2 aliphatic rings. The molecule has 0 spiro atoms. The van der Waals surface area contributed by atoms with Crippen molar-refractivity contribution in [1.82, 2.24) is 9.88 Å². The van der Waals surface area contributed by atoms with Gasteiger partial charge in [0.25, 0.3) is 5.91 Å². The van der Waals surface area contributed by atoms with Crippen molar-refractivity contribution in [3.8, 4) is 11.5 Å². The number of para-hydroxylation sites is 2. The maximum absolute atomic E-state index is 13.2. The van der Waals surface area contributed by atoms with Crippen LogP contribution in [0.4, 0.5) is 0 Å². The maximum atomic E-state index is 13.2. The fourth-order valence-corrected chi connectivity index (χ4v) is 3.84. The van der Waals surface area contributed by atoms with E-state index < -0.39 is 6.10 Å². The third kappa shape index (κ3) is 3.26. The number of aromatic nitrogens is 1. The zero-order valence-corrected chi connectivity index (χ0v) is 15.1. The van der Waals surface area contributed by atoms with E-state index in [1.165, 1.54) is 5.56 Å². The first-order valence-electron chi connectivity index (χ1n) is 9.38. The van der Waals surface area contributed by atoms with Crippen molar-refractivity contribution in [2.45, 2.75) is 44.8 Å². The standard InChI is InChI=1S/C21H24N2O3/c1-2-12-23(16-10-9-15-6-5-11-22-17(15)13-16)21(24)20-14-25-18-7-3-4-8-19(18)26-20/h3-8,11,16,20H,2,9-10,12-14H2,1H3. The second-order valence-electron chi connectivity index (χ2n) is 6.90. The van der Waals surface area contributed by atoms with Gasteiger partial charge in [-0.25, -0.2) is 0 Å². The van der Waals surface area contributed by atoms with Crippen LogP contribution in [0.3, 0.4) is 0 Å². The van der Waals surface area contributed by atoms with Crippen LogP contribution in [0.15, 0.2) is 42.6 Å². The summed E-state index contributed by atoms with van der Waals surface area (Å²) in [7, 11) is 0. The van der Waals surface area contributed by atoms with E-state index in [9.17, 15) is 4.79 Å². The van der Waals surface area contributed by atoms with Crippen molar-refractivity contribution in [3.63, 3.8) is 0 Å². The molecule has 1 aromatic carbocycles. The van der Waals surface area contributed by atoms with Gasteiger partial charge >= 0.3 is 0 Å². The number of rotatable bonds is 4. The predicted octanol–water partition coefficient (Wildman–Crippen LogP) is 3.02. The molecule has 0 saturated carbocycles. The summed E-state index contributed by atoms with van der Waals surface area (Å²) in [5.74, 6) is 1.37. The molecule has 5 heteroatoms. The average Bonchev–Trinajstić information content (AvgIpc) is 2.71. The fraction of sp³-hybridized carbons (Fsp3) is 0.429. The summed E-state index contributed by atoms with van der Waals surface area (Å²) in [6.45, 7) is 3.09. The number of hydrogen-bond acceptors (Lipinski definition) is 4. The van der Waals surface area contributed by atoms with E-state index in [4.69, 9.17) is 9.47 Å². The monoisotopic (exact) mass is 352 g/mol. The van der Waals surface area contributed by atoms with Crippen LogP contribution in [0, 0.1) is 0 Å². The highest BCUT2D eigenvalue weighted by molar-refractivity contribution is 5.82. The van der Waals surface area contributed by atoms with Crippen LogP contribution in [-0.2, 0) is 17.6 Å². The Morgan fingerprint density at radius 3 is 2.92 bits per heavy atom. The molecular weight excluding hydrogens is 328 g/mol. The molecule has 0 saturated heterocycles. The predicted molar refractivity (Wildman–Crippen MR) is 98.4 cm³/mol. The van der Waals surface area contributed by atoms with Gasteiger partial charge in [-0.1, -0.05) is 25.1 Å². The molecule has 2 unspecified atom stereocenters. The summed E-state index contributed by atoms with van der Waals surface area (Å²) in [4.78, 5) is 19.7. The largest absolute Gasteiger partial charge is 0.485 e. The number of carbonyl (C=O) groups is 1. The molecular formula is C21H24N2O3. The van der Waals surface area contributed by atoms with E-state index in [1.54, 1.807) is 0 Å². The highest BCUT2D eigenvalue weighted by Crippen LogP contribution is 2.32. The first kappa shape index (κ1) is 16.9. The molecule has 1 aliphatic carbocycles. The minimum absolute atomic E-state index is 0.0192. The number of ether oxygens (including phenoxy) is 2. The average molecular weight is 352 g/mol. The quantitative estimate of drug-likeness (QED) is 0.849. The van der Waals surface area contributed by atoms with Gasteiger partial charge in [-0.3, -0.25) is 9.78 Å². The number of amides is 1. The topological polar surface area (TPSA) is 51.7 Å². The van der Waals surface area contributed by atoms with Gasteiger partial charge in [-0.2, -0.15) is 0 Å². The van der Waals surface area contributed by atoms with Crippen molar-refractivity contribution >= 4 is 5.91 Å². The van der Waals surface area contributed by atoms with E-state index in [0.717, 1.165) is 37.9 Å². The number of benzene rings is 1. The minimum atomic E-state index is -0.582. The van der Waals surface area contributed by atoms with Gasteiger partial charge in [-0.15, -0.1) is 0 Å². The lowest BCUT2D eigenvalue weighted by molar-refractivity contribution is -0.144. The van der Waals surface area contributed by atoms with Crippen molar-refractivity contribution < 1.29 is 14.3 Å². The Morgan fingerprint density at radius 2 is 2.08 bits per heavy atom. The van der Waals surface area contributed by atoms with Crippen LogP contribution in [0.5, 0.6) is 11.5 Å². The van der Waals surface area contributed by atoms with E-state index in [-0.39, 0.29) is 18.6 Å². The summed E-state index contributed by atoms with van der Waals surface area (Å²) >= 11 is 0. The molecule has 1 aliphatic heterocycles.